The first-order valence-corrected chi connectivity index (χ1v) is 4.16. The molecule has 1 amide bonds. The number of hydrogen-bond donors (Lipinski definition) is 1. The Morgan fingerprint density at radius 1 is 1.64 bits per heavy atom. The van der Waals surface area contributed by atoms with Crippen LogP contribution >= 0.6 is 11.9 Å². The summed E-state index contributed by atoms with van der Waals surface area (Å²) in [5, 5.41) is 0. The Morgan fingerprint density at radius 2 is 2.45 bits per heavy atom. The highest BCUT2D eigenvalue weighted by atomic mass is 32.2. The van der Waals surface area contributed by atoms with Crippen molar-refractivity contribution < 1.29 is 4.79 Å². The summed E-state index contributed by atoms with van der Waals surface area (Å²) < 4.78 is 2.54. The fraction of sp³-hybridized carbons (Fsp3) is 0.167. The molecule has 0 atom stereocenters. The maximum Gasteiger partial charge on any atom is 0.281 e. The molecule has 1 N–H and O–H groups in total. The second-order valence-electron chi connectivity index (χ2n) is 1.73. The van der Waals surface area contributed by atoms with Gasteiger partial charge in [-0.05, 0) is 0 Å². The third kappa shape index (κ3) is 2.19. The molecule has 0 unspecified atom stereocenters. The second-order valence-corrected chi connectivity index (χ2v) is 2.34. The molecule has 0 saturated heterocycles. The second kappa shape index (κ2) is 3.92. The summed E-state index contributed by atoms with van der Waals surface area (Å²) in [6.07, 6.45) is 6.20. The van der Waals surface area contributed by atoms with E-state index in [1.165, 1.54) is 30.5 Å². The number of amides is 1. The summed E-state index contributed by atoms with van der Waals surface area (Å²) in [4.78, 5) is 18.6. The van der Waals surface area contributed by atoms with Gasteiger partial charge in [0.05, 0.1) is 6.20 Å². The lowest BCUT2D eigenvalue weighted by Gasteiger charge is -1.97. The molecular formula is C6H7N3OS. The molecule has 0 bridgehead atoms. The minimum absolute atomic E-state index is 0.217. The molecule has 0 radical (unpaired) electrons. The molecule has 0 aliphatic carbocycles. The zero-order chi connectivity index (χ0) is 8.10. The molecule has 5 heteroatoms. The van der Waals surface area contributed by atoms with Gasteiger partial charge in [-0.15, -0.1) is 0 Å². The fourth-order valence-electron chi connectivity index (χ4n) is 0.561. The summed E-state index contributed by atoms with van der Waals surface area (Å²) in [6, 6.07) is 0. The molecule has 1 aromatic rings. The lowest BCUT2D eigenvalue weighted by Crippen LogP contribution is -2.16. The molecule has 0 aliphatic heterocycles. The van der Waals surface area contributed by atoms with Gasteiger partial charge in [0.15, 0.2) is 0 Å². The predicted octanol–water partition coefficient (Wildman–Crippen LogP) is 0.484. The third-order valence-corrected chi connectivity index (χ3v) is 1.38. The molecular weight excluding hydrogens is 162 g/mol. The van der Waals surface area contributed by atoms with Gasteiger partial charge in [-0.3, -0.25) is 14.5 Å². The van der Waals surface area contributed by atoms with Crippen molar-refractivity contribution in [2.24, 2.45) is 0 Å². The third-order valence-electron chi connectivity index (χ3n) is 0.991. The van der Waals surface area contributed by atoms with E-state index in [4.69, 9.17) is 0 Å². The van der Waals surface area contributed by atoms with E-state index in [2.05, 4.69) is 14.7 Å². The predicted molar refractivity (Wildman–Crippen MR) is 43.0 cm³/mol. The van der Waals surface area contributed by atoms with Crippen molar-refractivity contribution in [1.82, 2.24) is 14.7 Å². The van der Waals surface area contributed by atoms with E-state index < -0.39 is 0 Å². The quantitative estimate of drug-likeness (QED) is 0.654. The number of carbonyl (C=O) groups is 1. The molecule has 0 saturated carbocycles. The number of hydrogen-bond acceptors (Lipinski definition) is 4. The molecule has 0 aromatic carbocycles. The van der Waals surface area contributed by atoms with Crippen molar-refractivity contribution in [3.63, 3.8) is 0 Å². The number of rotatable bonds is 2. The average molecular weight is 169 g/mol. The van der Waals surface area contributed by atoms with Gasteiger partial charge in [0.1, 0.15) is 5.69 Å². The molecule has 0 fully saturated rings. The summed E-state index contributed by atoms with van der Waals surface area (Å²) in [5.74, 6) is -0.217. The van der Waals surface area contributed by atoms with Gasteiger partial charge in [-0.1, -0.05) is 11.9 Å². The van der Waals surface area contributed by atoms with E-state index in [0.717, 1.165) is 0 Å². The molecule has 1 aromatic heterocycles. The largest absolute Gasteiger partial charge is 0.295 e. The normalized spacial score (nSPS) is 9.18. The lowest BCUT2D eigenvalue weighted by molar-refractivity contribution is 0.0979. The Morgan fingerprint density at radius 3 is 3.00 bits per heavy atom. The van der Waals surface area contributed by atoms with Crippen LogP contribution in [-0.2, 0) is 0 Å². The van der Waals surface area contributed by atoms with E-state index in [9.17, 15) is 4.79 Å². The van der Waals surface area contributed by atoms with E-state index in [1.54, 1.807) is 6.26 Å². The van der Waals surface area contributed by atoms with E-state index >= 15 is 0 Å². The number of nitrogens with one attached hydrogen (secondary N) is 1. The van der Waals surface area contributed by atoms with Crippen LogP contribution in [-0.4, -0.2) is 22.1 Å². The lowest BCUT2D eigenvalue weighted by atomic mass is 10.4. The van der Waals surface area contributed by atoms with Gasteiger partial charge < -0.3 is 0 Å². The zero-order valence-corrected chi connectivity index (χ0v) is 6.76. The van der Waals surface area contributed by atoms with E-state index in [1.807, 2.05) is 0 Å². The molecule has 0 spiro atoms. The highest BCUT2D eigenvalue weighted by Crippen LogP contribution is 1.92. The van der Waals surface area contributed by atoms with Crippen LogP contribution in [0.15, 0.2) is 18.6 Å². The van der Waals surface area contributed by atoms with Gasteiger partial charge >= 0.3 is 0 Å². The molecule has 4 nitrogen and oxygen atoms in total. The highest BCUT2D eigenvalue weighted by molar-refractivity contribution is 7.97. The first-order valence-electron chi connectivity index (χ1n) is 2.94. The van der Waals surface area contributed by atoms with Crippen LogP contribution in [0, 0.1) is 0 Å². The number of aromatic nitrogens is 2. The first kappa shape index (κ1) is 8.00. The van der Waals surface area contributed by atoms with Crippen molar-refractivity contribution >= 4 is 17.9 Å². The maximum atomic E-state index is 11.0. The molecule has 11 heavy (non-hydrogen) atoms. The SMILES string of the molecule is CSNC(=O)c1cnccn1. The van der Waals surface area contributed by atoms with Crippen molar-refractivity contribution in [2.75, 3.05) is 6.26 Å². The Hall–Kier alpha value is -1.10. The maximum absolute atomic E-state index is 11.0. The summed E-state index contributed by atoms with van der Waals surface area (Å²) in [6.45, 7) is 0. The van der Waals surface area contributed by atoms with Gasteiger partial charge in [-0.25, -0.2) is 4.98 Å². The van der Waals surface area contributed by atoms with Crippen molar-refractivity contribution in [3.8, 4) is 0 Å². The summed E-state index contributed by atoms with van der Waals surface area (Å²) >= 11 is 1.24. The minimum Gasteiger partial charge on any atom is -0.295 e. The first-order chi connectivity index (χ1) is 5.34. The Kier molecular flexibility index (Phi) is 2.85. The average Bonchev–Trinajstić information content (AvgIpc) is 2.07. The van der Waals surface area contributed by atoms with Crippen LogP contribution in [0.4, 0.5) is 0 Å². The molecule has 1 rings (SSSR count). The Labute approximate surface area is 68.6 Å². The Balaban J connectivity index is 2.69. The van der Waals surface area contributed by atoms with E-state index in [0.29, 0.717) is 5.69 Å². The van der Waals surface area contributed by atoms with Crippen molar-refractivity contribution in [3.05, 3.63) is 24.3 Å². The van der Waals surface area contributed by atoms with Crippen molar-refractivity contribution in [1.29, 1.82) is 0 Å². The topological polar surface area (TPSA) is 54.9 Å². The van der Waals surface area contributed by atoms with Crippen LogP contribution in [0.2, 0.25) is 0 Å². The van der Waals surface area contributed by atoms with Gasteiger partial charge in [0.2, 0.25) is 0 Å². The van der Waals surface area contributed by atoms with E-state index in [-0.39, 0.29) is 5.91 Å². The van der Waals surface area contributed by atoms with Crippen LogP contribution in [0.5, 0.6) is 0 Å². The summed E-state index contributed by atoms with van der Waals surface area (Å²) in [7, 11) is 0. The molecule has 0 aliphatic rings. The van der Waals surface area contributed by atoms with Crippen LogP contribution < -0.4 is 4.72 Å². The van der Waals surface area contributed by atoms with Gasteiger partial charge in [0.25, 0.3) is 5.91 Å². The van der Waals surface area contributed by atoms with Crippen LogP contribution in [0.25, 0.3) is 0 Å². The van der Waals surface area contributed by atoms with Gasteiger partial charge in [-0.2, -0.15) is 0 Å². The fourth-order valence-corrected chi connectivity index (χ4v) is 0.851. The summed E-state index contributed by atoms with van der Waals surface area (Å²) in [5.41, 5.74) is 0.335. The molecule has 58 valence electrons. The van der Waals surface area contributed by atoms with Gasteiger partial charge in [0, 0.05) is 18.6 Å². The smallest absolute Gasteiger partial charge is 0.281 e. The van der Waals surface area contributed by atoms with Crippen molar-refractivity contribution in [2.45, 2.75) is 0 Å². The standard InChI is InChI=1S/C6H7N3OS/c1-11-9-6(10)5-4-7-2-3-8-5/h2-4H,1H3,(H,9,10). The van der Waals surface area contributed by atoms with Crippen LogP contribution in [0.1, 0.15) is 10.5 Å². The molecule has 1 heterocycles. The monoisotopic (exact) mass is 169 g/mol. The number of nitrogens with zero attached hydrogens (tertiary/aromatic N) is 2. The Bertz CT molecular complexity index is 239. The highest BCUT2D eigenvalue weighted by Gasteiger charge is 2.03. The number of carbonyl (C=O) groups excluding carboxylic acids is 1. The van der Waals surface area contributed by atoms with Crippen LogP contribution in [0.3, 0.4) is 0 Å². The zero-order valence-electron chi connectivity index (χ0n) is 5.94. The minimum atomic E-state index is -0.217.